The molecular weight excluding hydrogens is 299 g/mol. The van der Waals surface area contributed by atoms with Crippen LogP contribution in [0.15, 0.2) is 36.4 Å². The summed E-state index contributed by atoms with van der Waals surface area (Å²) in [6.45, 7) is 1.92. The second kappa shape index (κ2) is 6.16. The van der Waals surface area contributed by atoms with E-state index in [9.17, 15) is 4.79 Å². The van der Waals surface area contributed by atoms with E-state index in [1.807, 2.05) is 19.1 Å². The molecule has 0 aliphatic rings. The van der Waals surface area contributed by atoms with E-state index in [-0.39, 0.29) is 15.6 Å². The number of halogens is 2. The second-order valence-corrected chi connectivity index (χ2v) is 4.99. The van der Waals surface area contributed by atoms with E-state index >= 15 is 0 Å². The van der Waals surface area contributed by atoms with Gasteiger partial charge in [0.05, 0.1) is 22.7 Å². The van der Waals surface area contributed by atoms with Gasteiger partial charge in [-0.15, -0.1) is 0 Å². The molecule has 0 spiro atoms. The molecule has 0 saturated carbocycles. The van der Waals surface area contributed by atoms with E-state index in [4.69, 9.17) is 32.7 Å². The molecule has 0 unspecified atom stereocenters. The van der Waals surface area contributed by atoms with Crippen LogP contribution in [0.25, 0.3) is 0 Å². The molecule has 0 heterocycles. The number of carbonyl (C=O) groups excluding carboxylic acids is 1. The minimum atomic E-state index is -0.526. The maximum Gasteiger partial charge on any atom is 0.343 e. The molecule has 0 radical (unpaired) electrons. The molecule has 20 heavy (non-hydrogen) atoms. The SMILES string of the molecule is COc1c(Cl)cc(C(=O)Oc2cccc(C)c2)cc1Cl. The summed E-state index contributed by atoms with van der Waals surface area (Å²) in [6, 6.07) is 10.1. The third-order valence-electron chi connectivity index (χ3n) is 2.64. The lowest BCUT2D eigenvalue weighted by atomic mass is 10.2. The van der Waals surface area contributed by atoms with Crippen LogP contribution < -0.4 is 9.47 Å². The Balaban J connectivity index is 2.26. The summed E-state index contributed by atoms with van der Waals surface area (Å²) < 4.78 is 10.3. The molecule has 0 saturated heterocycles. The molecule has 5 heteroatoms. The zero-order valence-electron chi connectivity index (χ0n) is 10.9. The fraction of sp³-hybridized carbons (Fsp3) is 0.133. The third kappa shape index (κ3) is 3.24. The molecule has 2 aromatic carbocycles. The molecule has 0 atom stereocenters. The molecule has 0 bridgehead atoms. The van der Waals surface area contributed by atoms with Crippen molar-refractivity contribution >= 4 is 29.2 Å². The van der Waals surface area contributed by atoms with Crippen LogP contribution in [0.3, 0.4) is 0 Å². The summed E-state index contributed by atoms with van der Waals surface area (Å²) >= 11 is 12.0. The number of aryl methyl sites for hydroxylation is 1. The van der Waals surface area contributed by atoms with E-state index in [1.54, 1.807) is 12.1 Å². The molecule has 2 rings (SSSR count). The minimum Gasteiger partial charge on any atom is -0.494 e. The van der Waals surface area contributed by atoms with Gasteiger partial charge in [-0.2, -0.15) is 0 Å². The second-order valence-electron chi connectivity index (χ2n) is 4.18. The Labute approximate surface area is 127 Å². The molecule has 104 valence electrons. The topological polar surface area (TPSA) is 35.5 Å². The first-order chi connectivity index (χ1) is 9.51. The Kier molecular flexibility index (Phi) is 4.53. The van der Waals surface area contributed by atoms with Crippen molar-refractivity contribution in [3.05, 3.63) is 57.6 Å². The lowest BCUT2D eigenvalue weighted by Crippen LogP contribution is -2.08. The lowest BCUT2D eigenvalue weighted by molar-refractivity contribution is 0.0734. The number of carbonyl (C=O) groups is 1. The summed E-state index contributed by atoms with van der Waals surface area (Å²) in [5.74, 6) is 0.278. The highest BCUT2D eigenvalue weighted by Gasteiger charge is 2.15. The largest absolute Gasteiger partial charge is 0.494 e. The predicted octanol–water partition coefficient (Wildman–Crippen LogP) is 4.53. The van der Waals surface area contributed by atoms with Crippen molar-refractivity contribution in [2.45, 2.75) is 6.92 Å². The summed E-state index contributed by atoms with van der Waals surface area (Å²) in [6.07, 6.45) is 0. The lowest BCUT2D eigenvalue weighted by Gasteiger charge is -2.09. The van der Waals surface area contributed by atoms with Crippen LogP contribution in [-0.4, -0.2) is 13.1 Å². The molecule has 0 amide bonds. The highest BCUT2D eigenvalue weighted by Crippen LogP contribution is 2.34. The molecule has 0 aromatic heterocycles. The van der Waals surface area contributed by atoms with Gasteiger partial charge in [-0.25, -0.2) is 4.79 Å². The van der Waals surface area contributed by atoms with E-state index in [0.717, 1.165) is 5.56 Å². The highest BCUT2D eigenvalue weighted by molar-refractivity contribution is 6.37. The van der Waals surface area contributed by atoms with Crippen LogP contribution in [0.5, 0.6) is 11.5 Å². The van der Waals surface area contributed by atoms with Crippen LogP contribution in [0.2, 0.25) is 10.0 Å². The van der Waals surface area contributed by atoms with E-state index in [0.29, 0.717) is 11.5 Å². The van der Waals surface area contributed by atoms with Crippen molar-refractivity contribution in [3.63, 3.8) is 0 Å². The Hall–Kier alpha value is -1.71. The molecule has 0 aliphatic carbocycles. The number of esters is 1. The van der Waals surface area contributed by atoms with Crippen molar-refractivity contribution in [2.24, 2.45) is 0 Å². The van der Waals surface area contributed by atoms with Gasteiger partial charge in [-0.1, -0.05) is 35.3 Å². The van der Waals surface area contributed by atoms with Crippen molar-refractivity contribution in [1.29, 1.82) is 0 Å². The Morgan fingerprint density at radius 3 is 2.30 bits per heavy atom. The van der Waals surface area contributed by atoms with Gasteiger partial charge < -0.3 is 9.47 Å². The molecule has 3 nitrogen and oxygen atoms in total. The molecular formula is C15H12Cl2O3. The average Bonchev–Trinajstić information content (AvgIpc) is 2.38. The van der Waals surface area contributed by atoms with Gasteiger partial charge >= 0.3 is 5.97 Å². The van der Waals surface area contributed by atoms with E-state index in [2.05, 4.69) is 0 Å². The highest BCUT2D eigenvalue weighted by atomic mass is 35.5. The quantitative estimate of drug-likeness (QED) is 0.617. The maximum atomic E-state index is 12.0. The van der Waals surface area contributed by atoms with Gasteiger partial charge in [0.1, 0.15) is 5.75 Å². The van der Waals surface area contributed by atoms with Gasteiger partial charge in [0.2, 0.25) is 0 Å². The summed E-state index contributed by atoms with van der Waals surface area (Å²) in [4.78, 5) is 12.0. The fourth-order valence-electron chi connectivity index (χ4n) is 1.72. The minimum absolute atomic E-state index is 0.260. The van der Waals surface area contributed by atoms with Crippen LogP contribution in [0.1, 0.15) is 15.9 Å². The molecule has 0 N–H and O–H groups in total. The van der Waals surface area contributed by atoms with Crippen LogP contribution >= 0.6 is 23.2 Å². The first-order valence-electron chi connectivity index (χ1n) is 5.83. The van der Waals surface area contributed by atoms with Crippen molar-refractivity contribution in [1.82, 2.24) is 0 Å². The zero-order valence-corrected chi connectivity index (χ0v) is 12.5. The first kappa shape index (κ1) is 14.7. The first-order valence-corrected chi connectivity index (χ1v) is 6.58. The summed E-state index contributed by atoms with van der Waals surface area (Å²) in [5, 5.41) is 0.521. The van der Waals surface area contributed by atoms with Gasteiger partial charge in [-0.05, 0) is 36.8 Å². The van der Waals surface area contributed by atoms with E-state index in [1.165, 1.54) is 19.2 Å². The average molecular weight is 311 g/mol. The molecule has 0 aliphatic heterocycles. The zero-order chi connectivity index (χ0) is 14.7. The predicted molar refractivity (Wildman–Crippen MR) is 79.2 cm³/mol. The van der Waals surface area contributed by atoms with Crippen molar-refractivity contribution in [2.75, 3.05) is 7.11 Å². The van der Waals surface area contributed by atoms with Gasteiger partial charge in [0.25, 0.3) is 0 Å². The number of rotatable bonds is 3. The number of ether oxygens (including phenoxy) is 2. The normalized spacial score (nSPS) is 10.2. The van der Waals surface area contributed by atoms with Gasteiger partial charge in [-0.3, -0.25) is 0 Å². The number of benzene rings is 2. The third-order valence-corrected chi connectivity index (χ3v) is 3.20. The number of hydrogen-bond donors (Lipinski definition) is 0. The Bertz CT molecular complexity index is 630. The monoisotopic (exact) mass is 310 g/mol. The molecule has 0 fully saturated rings. The van der Waals surface area contributed by atoms with E-state index < -0.39 is 5.97 Å². The number of hydrogen-bond acceptors (Lipinski definition) is 3. The van der Waals surface area contributed by atoms with Gasteiger partial charge in [0, 0.05) is 0 Å². The van der Waals surface area contributed by atoms with Crippen LogP contribution in [0.4, 0.5) is 0 Å². The summed E-state index contributed by atoms with van der Waals surface area (Å²) in [7, 11) is 1.46. The standard InChI is InChI=1S/C15H12Cl2O3/c1-9-4-3-5-11(6-9)20-15(18)10-7-12(16)14(19-2)13(17)8-10/h3-8H,1-2H3. The van der Waals surface area contributed by atoms with Crippen molar-refractivity contribution in [3.8, 4) is 11.5 Å². The van der Waals surface area contributed by atoms with Gasteiger partial charge in [0.15, 0.2) is 5.75 Å². The fourth-order valence-corrected chi connectivity index (χ4v) is 2.36. The van der Waals surface area contributed by atoms with Crippen molar-refractivity contribution < 1.29 is 14.3 Å². The van der Waals surface area contributed by atoms with Crippen LogP contribution in [0, 0.1) is 6.92 Å². The Morgan fingerprint density at radius 2 is 1.75 bits per heavy atom. The maximum absolute atomic E-state index is 12.0. The van der Waals surface area contributed by atoms with Crippen LogP contribution in [-0.2, 0) is 0 Å². The summed E-state index contributed by atoms with van der Waals surface area (Å²) in [5.41, 5.74) is 1.27. The molecule has 2 aromatic rings. The number of methoxy groups -OCH3 is 1. The Morgan fingerprint density at radius 1 is 1.10 bits per heavy atom. The smallest absolute Gasteiger partial charge is 0.343 e.